The molecule has 0 bridgehead atoms. The smallest absolute Gasteiger partial charge is 0.229 e. The molecule has 1 atom stereocenters. The van der Waals surface area contributed by atoms with Gasteiger partial charge in [-0.25, -0.2) is 9.67 Å². The van der Waals surface area contributed by atoms with Gasteiger partial charge in [0, 0.05) is 24.7 Å². The largest absolute Gasteiger partial charge is 0.339 e. The number of pyridine rings is 1. The van der Waals surface area contributed by atoms with E-state index in [9.17, 15) is 9.59 Å². The van der Waals surface area contributed by atoms with Crippen molar-refractivity contribution in [3.63, 3.8) is 0 Å². The van der Waals surface area contributed by atoms with Crippen molar-refractivity contribution in [3.8, 4) is 5.82 Å². The fraction of sp³-hybridized carbons (Fsp3) is 0.444. The molecular formula is C18H23N5O2. The van der Waals surface area contributed by atoms with Crippen LogP contribution in [0.2, 0.25) is 0 Å². The summed E-state index contributed by atoms with van der Waals surface area (Å²) in [5, 5.41) is 7.24. The Hall–Kier alpha value is -2.70. The van der Waals surface area contributed by atoms with Crippen LogP contribution in [0.25, 0.3) is 5.82 Å². The van der Waals surface area contributed by atoms with Crippen LogP contribution in [0.15, 0.2) is 24.4 Å². The SMILES string of the molecule is Cc1cc(C)n(-c2ccc(NC(=O)[C@@H]3CC(=O)N(C(C)C)C3)cn2)n1. The number of amides is 2. The van der Waals surface area contributed by atoms with Gasteiger partial charge >= 0.3 is 0 Å². The maximum Gasteiger partial charge on any atom is 0.229 e. The normalized spacial score (nSPS) is 17.4. The molecular weight excluding hydrogens is 318 g/mol. The van der Waals surface area contributed by atoms with Crippen molar-refractivity contribution in [2.24, 2.45) is 5.92 Å². The highest BCUT2D eigenvalue weighted by molar-refractivity contribution is 5.97. The Kier molecular flexibility index (Phi) is 4.57. The highest BCUT2D eigenvalue weighted by Crippen LogP contribution is 2.22. The number of nitrogens with one attached hydrogen (secondary N) is 1. The fourth-order valence-corrected chi connectivity index (χ4v) is 3.10. The second kappa shape index (κ2) is 6.66. The van der Waals surface area contributed by atoms with Gasteiger partial charge in [-0.15, -0.1) is 0 Å². The highest BCUT2D eigenvalue weighted by atomic mass is 16.2. The maximum absolute atomic E-state index is 12.4. The van der Waals surface area contributed by atoms with Crippen molar-refractivity contribution < 1.29 is 9.59 Å². The molecule has 1 saturated heterocycles. The summed E-state index contributed by atoms with van der Waals surface area (Å²) in [5.74, 6) is 0.279. The van der Waals surface area contributed by atoms with Gasteiger partial charge < -0.3 is 10.2 Å². The molecule has 7 heteroatoms. The van der Waals surface area contributed by atoms with E-state index in [0.29, 0.717) is 18.1 Å². The van der Waals surface area contributed by atoms with E-state index in [4.69, 9.17) is 0 Å². The van der Waals surface area contributed by atoms with Crippen LogP contribution in [0.1, 0.15) is 31.7 Å². The lowest BCUT2D eigenvalue weighted by atomic mass is 10.1. The van der Waals surface area contributed by atoms with E-state index in [1.807, 2.05) is 39.8 Å². The number of rotatable bonds is 4. The van der Waals surface area contributed by atoms with Gasteiger partial charge in [0.1, 0.15) is 0 Å². The zero-order chi connectivity index (χ0) is 18.1. The van der Waals surface area contributed by atoms with E-state index in [-0.39, 0.29) is 30.2 Å². The molecule has 2 aromatic rings. The highest BCUT2D eigenvalue weighted by Gasteiger charge is 2.35. The average molecular weight is 341 g/mol. The van der Waals surface area contributed by atoms with E-state index >= 15 is 0 Å². The van der Waals surface area contributed by atoms with Gasteiger partial charge in [-0.1, -0.05) is 0 Å². The van der Waals surface area contributed by atoms with E-state index in [0.717, 1.165) is 11.4 Å². The molecule has 7 nitrogen and oxygen atoms in total. The molecule has 0 aliphatic carbocycles. The van der Waals surface area contributed by atoms with Crippen LogP contribution in [-0.2, 0) is 9.59 Å². The van der Waals surface area contributed by atoms with Gasteiger partial charge in [0.05, 0.1) is 23.5 Å². The first-order valence-electron chi connectivity index (χ1n) is 8.45. The number of likely N-dealkylation sites (tertiary alicyclic amines) is 1. The van der Waals surface area contributed by atoms with E-state index in [1.54, 1.807) is 21.8 Å². The van der Waals surface area contributed by atoms with Gasteiger partial charge in [0.15, 0.2) is 5.82 Å². The van der Waals surface area contributed by atoms with E-state index in [2.05, 4.69) is 15.4 Å². The summed E-state index contributed by atoms with van der Waals surface area (Å²) in [7, 11) is 0. The Bertz CT molecular complexity index is 794. The zero-order valence-electron chi connectivity index (χ0n) is 15.0. The summed E-state index contributed by atoms with van der Waals surface area (Å²) >= 11 is 0. The first kappa shape index (κ1) is 17.1. The minimum atomic E-state index is -0.314. The third-order valence-electron chi connectivity index (χ3n) is 4.39. The summed E-state index contributed by atoms with van der Waals surface area (Å²) < 4.78 is 1.76. The number of aromatic nitrogens is 3. The Morgan fingerprint density at radius 2 is 2.08 bits per heavy atom. The number of aryl methyl sites for hydroxylation is 2. The summed E-state index contributed by atoms with van der Waals surface area (Å²) in [6.45, 7) is 8.29. The van der Waals surface area contributed by atoms with Crippen LogP contribution in [0, 0.1) is 19.8 Å². The van der Waals surface area contributed by atoms with Crippen molar-refractivity contribution in [2.75, 3.05) is 11.9 Å². The minimum Gasteiger partial charge on any atom is -0.339 e. The van der Waals surface area contributed by atoms with Gasteiger partial charge in [-0.2, -0.15) is 5.10 Å². The van der Waals surface area contributed by atoms with Crippen molar-refractivity contribution in [3.05, 3.63) is 35.8 Å². The molecule has 2 aromatic heterocycles. The van der Waals surface area contributed by atoms with Crippen LogP contribution in [0.3, 0.4) is 0 Å². The third kappa shape index (κ3) is 3.55. The predicted octanol–water partition coefficient (Wildman–Crippen LogP) is 2.08. The van der Waals surface area contributed by atoms with E-state index < -0.39 is 0 Å². The monoisotopic (exact) mass is 341 g/mol. The second-order valence-electron chi connectivity index (χ2n) is 6.77. The topological polar surface area (TPSA) is 80.1 Å². The molecule has 0 saturated carbocycles. The standard InChI is InChI=1S/C18H23N5O2/c1-11(2)22-10-14(8-17(22)24)18(25)20-15-5-6-16(19-9-15)23-13(4)7-12(3)21-23/h5-7,9,11,14H,8,10H2,1-4H3,(H,20,25)/t14-/m1/s1. The Morgan fingerprint density at radius 1 is 1.32 bits per heavy atom. The first-order chi connectivity index (χ1) is 11.8. The van der Waals surface area contributed by atoms with Gasteiger partial charge in [-0.05, 0) is 45.9 Å². The second-order valence-corrected chi connectivity index (χ2v) is 6.77. The van der Waals surface area contributed by atoms with Crippen LogP contribution in [0.5, 0.6) is 0 Å². The van der Waals surface area contributed by atoms with Gasteiger partial charge in [-0.3, -0.25) is 9.59 Å². The van der Waals surface area contributed by atoms with Crippen LogP contribution in [0.4, 0.5) is 5.69 Å². The number of hydrogen-bond donors (Lipinski definition) is 1. The summed E-state index contributed by atoms with van der Waals surface area (Å²) in [6, 6.07) is 5.71. The molecule has 1 N–H and O–H groups in total. The molecule has 0 aromatic carbocycles. The summed E-state index contributed by atoms with van der Waals surface area (Å²) in [6.07, 6.45) is 1.88. The summed E-state index contributed by atoms with van der Waals surface area (Å²) in [4.78, 5) is 30.5. The molecule has 0 radical (unpaired) electrons. The number of carbonyl (C=O) groups is 2. The average Bonchev–Trinajstić information content (AvgIpc) is 3.10. The molecule has 1 aliphatic heterocycles. The molecule has 0 unspecified atom stereocenters. The van der Waals surface area contributed by atoms with Gasteiger partial charge in [0.25, 0.3) is 0 Å². The third-order valence-corrected chi connectivity index (χ3v) is 4.39. The number of anilines is 1. The number of hydrogen-bond acceptors (Lipinski definition) is 4. The lowest BCUT2D eigenvalue weighted by Crippen LogP contribution is -2.33. The zero-order valence-corrected chi connectivity index (χ0v) is 15.0. The molecule has 1 fully saturated rings. The number of nitrogens with zero attached hydrogens (tertiary/aromatic N) is 4. The molecule has 3 heterocycles. The molecule has 25 heavy (non-hydrogen) atoms. The van der Waals surface area contributed by atoms with Crippen molar-refractivity contribution in [1.29, 1.82) is 0 Å². The molecule has 0 spiro atoms. The molecule has 1 aliphatic rings. The molecule has 2 amide bonds. The van der Waals surface area contributed by atoms with Crippen molar-refractivity contribution >= 4 is 17.5 Å². The minimum absolute atomic E-state index is 0.0353. The first-order valence-corrected chi connectivity index (χ1v) is 8.45. The van der Waals surface area contributed by atoms with Crippen LogP contribution in [-0.4, -0.2) is 44.1 Å². The predicted molar refractivity (Wildman–Crippen MR) is 94.4 cm³/mol. The van der Waals surface area contributed by atoms with Crippen molar-refractivity contribution in [1.82, 2.24) is 19.7 Å². The Labute approximate surface area is 147 Å². The maximum atomic E-state index is 12.4. The van der Waals surface area contributed by atoms with Crippen LogP contribution >= 0.6 is 0 Å². The fourth-order valence-electron chi connectivity index (χ4n) is 3.10. The van der Waals surface area contributed by atoms with Gasteiger partial charge in [0.2, 0.25) is 11.8 Å². The van der Waals surface area contributed by atoms with Crippen molar-refractivity contribution in [2.45, 2.75) is 40.2 Å². The number of carbonyl (C=O) groups excluding carboxylic acids is 2. The molecule has 3 rings (SSSR count). The Morgan fingerprint density at radius 3 is 2.60 bits per heavy atom. The summed E-state index contributed by atoms with van der Waals surface area (Å²) in [5.41, 5.74) is 2.54. The van der Waals surface area contributed by atoms with Crippen LogP contribution < -0.4 is 5.32 Å². The quantitative estimate of drug-likeness (QED) is 0.923. The lowest BCUT2D eigenvalue weighted by molar-refractivity contribution is -0.129. The molecule has 132 valence electrons. The Balaban J connectivity index is 1.67. The lowest BCUT2D eigenvalue weighted by Gasteiger charge is -2.20. The van der Waals surface area contributed by atoms with E-state index in [1.165, 1.54) is 0 Å².